The van der Waals surface area contributed by atoms with E-state index in [-0.39, 0.29) is 5.78 Å². The van der Waals surface area contributed by atoms with Crippen LogP contribution >= 0.6 is 11.3 Å². The Kier molecular flexibility index (Phi) is 6.02. The lowest BCUT2D eigenvalue weighted by atomic mass is 10.2. The van der Waals surface area contributed by atoms with Gasteiger partial charge < -0.3 is 14.6 Å². The van der Waals surface area contributed by atoms with Crippen molar-refractivity contribution in [2.45, 2.75) is 46.8 Å². The van der Waals surface area contributed by atoms with E-state index in [2.05, 4.69) is 10.3 Å². The average molecular weight is 375 g/mol. The van der Waals surface area contributed by atoms with E-state index in [9.17, 15) is 9.59 Å². The summed E-state index contributed by atoms with van der Waals surface area (Å²) in [5, 5.41) is 2.73. The predicted molar refractivity (Wildman–Crippen MR) is 103 cm³/mol. The van der Waals surface area contributed by atoms with Gasteiger partial charge in [0.25, 0.3) is 0 Å². The zero-order chi connectivity index (χ0) is 19.5. The predicted octanol–water partition coefficient (Wildman–Crippen LogP) is 3.85. The standard InChI is InChI=1S/C19H25N3O3S/c1-12-16(13(2)23)26-17(22(12)6)21-15-9-7-14(8-10-15)11-20-18(24)25-19(3,4)5/h7-10H,11H2,1-6H3,(H,20,24)/b21-17-. The number of carbonyl (C=O) groups excluding carboxylic acids is 2. The van der Waals surface area contributed by atoms with Crippen LogP contribution < -0.4 is 10.1 Å². The van der Waals surface area contributed by atoms with Crippen LogP contribution in [0.3, 0.4) is 0 Å². The Balaban J connectivity index is 2.10. The first-order valence-corrected chi connectivity index (χ1v) is 9.16. The number of amides is 1. The smallest absolute Gasteiger partial charge is 0.407 e. The van der Waals surface area contributed by atoms with Gasteiger partial charge in [0.1, 0.15) is 5.60 Å². The molecule has 0 fully saturated rings. The number of thiazole rings is 1. The summed E-state index contributed by atoms with van der Waals surface area (Å²) >= 11 is 1.39. The number of alkyl carbamates (subject to hydrolysis) is 1. The summed E-state index contributed by atoms with van der Waals surface area (Å²) in [6.07, 6.45) is -0.441. The topological polar surface area (TPSA) is 72.7 Å². The maximum Gasteiger partial charge on any atom is 0.407 e. The first kappa shape index (κ1) is 19.9. The molecule has 2 rings (SSSR count). The Hall–Kier alpha value is -2.41. The molecule has 1 N–H and O–H groups in total. The van der Waals surface area contributed by atoms with Crippen molar-refractivity contribution in [2.24, 2.45) is 12.0 Å². The fourth-order valence-electron chi connectivity index (χ4n) is 2.24. The molecular weight excluding hydrogens is 350 g/mol. The number of carbonyl (C=O) groups is 2. The zero-order valence-corrected chi connectivity index (χ0v) is 16.9. The van der Waals surface area contributed by atoms with Crippen molar-refractivity contribution < 1.29 is 14.3 Å². The van der Waals surface area contributed by atoms with Crippen LogP contribution in [0.25, 0.3) is 0 Å². The third-order valence-electron chi connectivity index (χ3n) is 3.63. The largest absolute Gasteiger partial charge is 0.444 e. The average Bonchev–Trinajstić information content (AvgIpc) is 2.81. The molecule has 0 bridgehead atoms. The Labute approximate surface area is 157 Å². The van der Waals surface area contributed by atoms with Gasteiger partial charge in [-0.3, -0.25) is 4.79 Å². The molecule has 0 aliphatic rings. The van der Waals surface area contributed by atoms with Crippen molar-refractivity contribution in [3.05, 3.63) is 45.2 Å². The van der Waals surface area contributed by atoms with E-state index in [0.717, 1.165) is 26.6 Å². The van der Waals surface area contributed by atoms with Crippen molar-refractivity contribution in [3.8, 4) is 0 Å². The molecule has 140 valence electrons. The molecule has 0 radical (unpaired) electrons. The van der Waals surface area contributed by atoms with E-state index in [4.69, 9.17) is 4.74 Å². The first-order chi connectivity index (χ1) is 12.1. The van der Waals surface area contributed by atoms with Crippen molar-refractivity contribution in [1.82, 2.24) is 9.88 Å². The summed E-state index contributed by atoms with van der Waals surface area (Å²) in [5.41, 5.74) is 2.14. The Morgan fingerprint density at radius 1 is 1.23 bits per heavy atom. The molecule has 0 atom stereocenters. The molecule has 2 aromatic rings. The molecule has 0 spiro atoms. The van der Waals surface area contributed by atoms with E-state index in [0.29, 0.717) is 6.54 Å². The van der Waals surface area contributed by atoms with Crippen LogP contribution in [-0.4, -0.2) is 22.0 Å². The maximum absolute atomic E-state index is 11.7. The van der Waals surface area contributed by atoms with E-state index < -0.39 is 11.7 Å². The molecule has 7 heteroatoms. The molecule has 0 saturated carbocycles. The number of hydrogen-bond acceptors (Lipinski definition) is 5. The lowest BCUT2D eigenvalue weighted by Crippen LogP contribution is -2.32. The van der Waals surface area contributed by atoms with Crippen LogP contribution in [0.4, 0.5) is 10.5 Å². The molecule has 0 aliphatic carbocycles. The molecule has 1 aromatic carbocycles. The molecule has 1 aromatic heterocycles. The van der Waals surface area contributed by atoms with Crippen LogP contribution in [-0.2, 0) is 18.3 Å². The van der Waals surface area contributed by atoms with Crippen LogP contribution in [0.5, 0.6) is 0 Å². The normalized spacial score (nSPS) is 12.2. The number of rotatable bonds is 4. The molecule has 6 nitrogen and oxygen atoms in total. The summed E-state index contributed by atoms with van der Waals surface area (Å²) in [5.74, 6) is 0.0492. The molecule has 0 unspecified atom stereocenters. The number of ether oxygens (including phenoxy) is 1. The zero-order valence-electron chi connectivity index (χ0n) is 16.0. The Morgan fingerprint density at radius 3 is 2.35 bits per heavy atom. The van der Waals surface area contributed by atoms with Gasteiger partial charge in [-0.15, -0.1) is 0 Å². The molecular formula is C19H25N3O3S. The number of hydrogen-bond donors (Lipinski definition) is 1. The monoisotopic (exact) mass is 375 g/mol. The second-order valence-corrected chi connectivity index (χ2v) is 8.03. The van der Waals surface area contributed by atoms with E-state index in [1.165, 1.54) is 11.3 Å². The summed E-state index contributed by atoms with van der Waals surface area (Å²) in [6.45, 7) is 9.34. The fraction of sp³-hybridized carbons (Fsp3) is 0.421. The van der Waals surface area contributed by atoms with Gasteiger partial charge in [0.15, 0.2) is 10.6 Å². The van der Waals surface area contributed by atoms with Crippen molar-refractivity contribution in [1.29, 1.82) is 0 Å². The van der Waals surface area contributed by atoms with Crippen molar-refractivity contribution >= 4 is 28.9 Å². The molecule has 0 aliphatic heterocycles. The minimum absolute atomic E-state index is 0.0492. The van der Waals surface area contributed by atoms with Crippen LogP contribution in [0.2, 0.25) is 0 Å². The number of nitrogens with zero attached hydrogens (tertiary/aromatic N) is 2. The molecule has 0 saturated heterocycles. The third-order valence-corrected chi connectivity index (χ3v) is 4.96. The first-order valence-electron chi connectivity index (χ1n) is 8.34. The SMILES string of the molecule is CC(=O)c1s/c(=N\c2ccc(CNC(=O)OC(C)(C)C)cc2)n(C)c1C. The molecule has 1 heterocycles. The van der Waals surface area contributed by atoms with E-state index >= 15 is 0 Å². The highest BCUT2D eigenvalue weighted by Crippen LogP contribution is 2.16. The summed E-state index contributed by atoms with van der Waals surface area (Å²) in [6, 6.07) is 7.58. The van der Waals surface area contributed by atoms with Crippen LogP contribution in [0.15, 0.2) is 29.3 Å². The summed E-state index contributed by atoms with van der Waals surface area (Å²) in [7, 11) is 1.90. The van der Waals surface area contributed by atoms with Crippen LogP contribution in [0.1, 0.15) is 48.6 Å². The second kappa shape index (κ2) is 7.86. The minimum atomic E-state index is -0.514. The molecule has 1 amide bonds. The van der Waals surface area contributed by atoms with E-state index in [1.54, 1.807) is 6.92 Å². The highest BCUT2D eigenvalue weighted by Gasteiger charge is 2.15. The number of Topliss-reactive ketones (excluding diaryl/α,β-unsaturated/α-hetero) is 1. The van der Waals surface area contributed by atoms with Gasteiger partial charge in [0, 0.05) is 26.2 Å². The number of aromatic nitrogens is 1. The quantitative estimate of drug-likeness (QED) is 0.825. The lowest BCUT2D eigenvalue weighted by Gasteiger charge is -2.19. The van der Waals surface area contributed by atoms with Gasteiger partial charge in [-0.25, -0.2) is 9.79 Å². The van der Waals surface area contributed by atoms with Gasteiger partial charge in [0.05, 0.1) is 10.6 Å². The lowest BCUT2D eigenvalue weighted by molar-refractivity contribution is 0.0523. The number of nitrogens with one attached hydrogen (secondary N) is 1. The highest BCUT2D eigenvalue weighted by molar-refractivity contribution is 7.11. The van der Waals surface area contributed by atoms with Gasteiger partial charge in [-0.05, 0) is 45.4 Å². The number of ketones is 1. The second-order valence-electron chi connectivity index (χ2n) is 7.05. The molecule has 26 heavy (non-hydrogen) atoms. The summed E-state index contributed by atoms with van der Waals surface area (Å²) in [4.78, 5) is 29.4. The van der Waals surface area contributed by atoms with Gasteiger partial charge >= 0.3 is 6.09 Å². The minimum Gasteiger partial charge on any atom is -0.444 e. The van der Waals surface area contributed by atoms with Gasteiger partial charge in [0.2, 0.25) is 0 Å². The van der Waals surface area contributed by atoms with Crippen LogP contribution in [0, 0.1) is 6.92 Å². The Morgan fingerprint density at radius 2 is 1.85 bits per heavy atom. The highest BCUT2D eigenvalue weighted by atomic mass is 32.1. The van der Waals surface area contributed by atoms with Gasteiger partial charge in [-0.1, -0.05) is 23.5 Å². The van der Waals surface area contributed by atoms with E-state index in [1.807, 2.05) is 63.6 Å². The summed E-state index contributed by atoms with van der Waals surface area (Å²) < 4.78 is 7.13. The third kappa shape index (κ3) is 5.29. The fourth-order valence-corrected chi connectivity index (χ4v) is 3.28. The van der Waals surface area contributed by atoms with Crippen molar-refractivity contribution in [2.75, 3.05) is 0 Å². The maximum atomic E-state index is 11.7. The van der Waals surface area contributed by atoms with Gasteiger partial charge in [-0.2, -0.15) is 0 Å². The number of benzene rings is 1. The van der Waals surface area contributed by atoms with Crippen molar-refractivity contribution in [3.63, 3.8) is 0 Å². The Bertz CT molecular complexity index is 871.